The summed E-state index contributed by atoms with van der Waals surface area (Å²) in [7, 11) is -3.12. The van der Waals surface area contributed by atoms with Crippen LogP contribution in [0.5, 0.6) is 0 Å². The smallest absolute Gasteiger partial charge is 0.211 e. The van der Waals surface area contributed by atoms with Gasteiger partial charge in [0.15, 0.2) is 0 Å². The lowest BCUT2D eigenvalue weighted by Gasteiger charge is -2.30. The van der Waals surface area contributed by atoms with Gasteiger partial charge < -0.3 is 5.73 Å². The molecule has 0 aromatic heterocycles. The summed E-state index contributed by atoms with van der Waals surface area (Å²) in [5.74, 6) is 0.296. The summed E-state index contributed by atoms with van der Waals surface area (Å²) in [6, 6.07) is -0.114. The molecule has 1 saturated heterocycles. The fourth-order valence-electron chi connectivity index (χ4n) is 2.26. The molecule has 2 N–H and O–H groups in total. The van der Waals surface area contributed by atoms with E-state index in [0.29, 0.717) is 25.9 Å². The molecule has 0 radical (unpaired) electrons. The van der Waals surface area contributed by atoms with Crippen molar-refractivity contribution in [3.63, 3.8) is 0 Å². The third-order valence-corrected chi connectivity index (χ3v) is 4.29. The molecule has 6 heteroatoms. The van der Waals surface area contributed by atoms with Crippen LogP contribution >= 0.6 is 0 Å². The van der Waals surface area contributed by atoms with Crippen LogP contribution in [0.1, 0.15) is 32.6 Å². The van der Waals surface area contributed by atoms with Crippen molar-refractivity contribution in [2.45, 2.75) is 38.6 Å². The van der Waals surface area contributed by atoms with Crippen molar-refractivity contribution in [3.8, 4) is 0 Å². The van der Waals surface area contributed by atoms with E-state index < -0.39 is 10.0 Å². The number of ketones is 1. The molecule has 2 atom stereocenters. The first-order chi connectivity index (χ1) is 7.79. The van der Waals surface area contributed by atoms with Crippen LogP contribution in [-0.2, 0) is 14.8 Å². The van der Waals surface area contributed by atoms with Gasteiger partial charge >= 0.3 is 0 Å². The van der Waals surface area contributed by atoms with Crippen LogP contribution in [0.2, 0.25) is 0 Å². The Morgan fingerprint density at radius 1 is 1.53 bits per heavy atom. The van der Waals surface area contributed by atoms with Crippen LogP contribution < -0.4 is 5.73 Å². The lowest BCUT2D eigenvalue weighted by molar-refractivity contribution is -0.120. The molecule has 5 nitrogen and oxygen atoms in total. The molecule has 0 saturated carbocycles. The summed E-state index contributed by atoms with van der Waals surface area (Å²) >= 11 is 0. The topological polar surface area (TPSA) is 80.5 Å². The van der Waals surface area contributed by atoms with Crippen LogP contribution in [0.25, 0.3) is 0 Å². The van der Waals surface area contributed by atoms with Gasteiger partial charge in [-0.3, -0.25) is 4.79 Å². The van der Waals surface area contributed by atoms with Gasteiger partial charge in [-0.05, 0) is 25.7 Å². The van der Waals surface area contributed by atoms with E-state index in [1.165, 1.54) is 10.6 Å². The number of nitrogens with two attached hydrogens (primary N) is 1. The quantitative estimate of drug-likeness (QED) is 0.775. The number of hydrogen-bond donors (Lipinski definition) is 1. The fraction of sp³-hybridized carbons (Fsp3) is 0.909. The zero-order valence-corrected chi connectivity index (χ0v) is 11.4. The highest BCUT2D eigenvalue weighted by Gasteiger charge is 2.27. The Bertz CT molecular complexity index is 365. The maximum atomic E-state index is 11.6. The highest BCUT2D eigenvalue weighted by atomic mass is 32.2. The molecule has 1 fully saturated rings. The molecule has 0 aromatic carbocycles. The van der Waals surface area contributed by atoms with Crippen LogP contribution in [-0.4, -0.2) is 43.9 Å². The van der Waals surface area contributed by atoms with E-state index in [1.54, 1.807) is 0 Å². The Kier molecular flexibility index (Phi) is 5.09. The van der Waals surface area contributed by atoms with Gasteiger partial charge in [0, 0.05) is 32.0 Å². The number of piperidine rings is 1. The first-order valence-electron chi connectivity index (χ1n) is 6.01. The molecule has 0 aromatic rings. The molecular weight excluding hydrogens is 240 g/mol. The van der Waals surface area contributed by atoms with E-state index in [2.05, 4.69) is 0 Å². The van der Waals surface area contributed by atoms with Crippen molar-refractivity contribution >= 4 is 15.8 Å². The van der Waals surface area contributed by atoms with Crippen LogP contribution in [0.3, 0.4) is 0 Å². The Balaban J connectivity index is 2.48. The zero-order valence-electron chi connectivity index (χ0n) is 10.6. The summed E-state index contributed by atoms with van der Waals surface area (Å²) in [5, 5.41) is 0. The highest BCUT2D eigenvalue weighted by molar-refractivity contribution is 7.88. The van der Waals surface area contributed by atoms with Gasteiger partial charge in [-0.15, -0.1) is 0 Å². The molecule has 1 heterocycles. The first kappa shape index (κ1) is 14.6. The summed E-state index contributed by atoms with van der Waals surface area (Å²) in [4.78, 5) is 11.6. The van der Waals surface area contributed by atoms with Gasteiger partial charge in [0.2, 0.25) is 10.0 Å². The minimum absolute atomic E-state index is 0.114. The van der Waals surface area contributed by atoms with Crippen LogP contribution in [0.4, 0.5) is 0 Å². The van der Waals surface area contributed by atoms with Crippen molar-refractivity contribution < 1.29 is 13.2 Å². The van der Waals surface area contributed by atoms with Gasteiger partial charge in [-0.25, -0.2) is 12.7 Å². The summed E-state index contributed by atoms with van der Waals surface area (Å²) in [6.07, 6.45) is 3.82. The molecule has 1 rings (SSSR count). The zero-order chi connectivity index (χ0) is 13.1. The van der Waals surface area contributed by atoms with Crippen LogP contribution in [0, 0.1) is 5.92 Å². The van der Waals surface area contributed by atoms with Gasteiger partial charge in [0.1, 0.15) is 5.78 Å². The van der Waals surface area contributed by atoms with Crippen molar-refractivity contribution in [1.29, 1.82) is 0 Å². The second kappa shape index (κ2) is 5.93. The molecule has 100 valence electrons. The molecule has 1 aliphatic rings. The molecule has 0 spiro atoms. The van der Waals surface area contributed by atoms with Gasteiger partial charge in [-0.2, -0.15) is 0 Å². The lowest BCUT2D eigenvalue weighted by atomic mass is 9.92. The van der Waals surface area contributed by atoms with Gasteiger partial charge in [-0.1, -0.05) is 0 Å². The molecule has 2 unspecified atom stereocenters. The van der Waals surface area contributed by atoms with E-state index in [9.17, 15) is 13.2 Å². The van der Waals surface area contributed by atoms with Crippen molar-refractivity contribution in [2.75, 3.05) is 19.3 Å². The molecule has 1 aliphatic heterocycles. The third-order valence-electron chi connectivity index (χ3n) is 3.02. The molecule has 17 heavy (non-hydrogen) atoms. The number of carbonyl (C=O) groups excluding carboxylic acids is 1. The van der Waals surface area contributed by atoms with Crippen LogP contribution in [0.15, 0.2) is 0 Å². The Labute approximate surface area is 103 Å². The number of sulfonamides is 1. The number of carbonyl (C=O) groups is 1. The van der Waals surface area contributed by atoms with Gasteiger partial charge in [0.05, 0.1) is 6.26 Å². The average Bonchev–Trinajstić information content (AvgIpc) is 2.15. The summed E-state index contributed by atoms with van der Waals surface area (Å²) < 4.78 is 24.3. The molecule has 0 bridgehead atoms. The maximum absolute atomic E-state index is 11.6. The number of hydrogen-bond acceptors (Lipinski definition) is 4. The van der Waals surface area contributed by atoms with Crippen molar-refractivity contribution in [2.24, 2.45) is 11.7 Å². The Morgan fingerprint density at radius 3 is 2.71 bits per heavy atom. The predicted octanol–water partition coefficient (Wildman–Crippen LogP) is 0.355. The van der Waals surface area contributed by atoms with Gasteiger partial charge in [0.25, 0.3) is 0 Å². The number of nitrogens with zero attached hydrogens (tertiary/aromatic N) is 1. The lowest BCUT2D eigenvalue weighted by Crippen LogP contribution is -2.40. The van der Waals surface area contributed by atoms with E-state index in [0.717, 1.165) is 12.8 Å². The predicted molar refractivity (Wildman–Crippen MR) is 67.0 cm³/mol. The van der Waals surface area contributed by atoms with E-state index in [4.69, 9.17) is 5.73 Å². The largest absolute Gasteiger partial charge is 0.328 e. The molecule has 0 aliphatic carbocycles. The fourth-order valence-corrected chi connectivity index (χ4v) is 3.20. The standard InChI is InChI=1S/C11H22N2O3S/c1-9(12)6-11(14)7-10-4-3-5-13(8-10)17(2,15)16/h9-10H,3-8,12H2,1-2H3. The Morgan fingerprint density at radius 2 is 2.18 bits per heavy atom. The number of rotatable bonds is 5. The summed E-state index contributed by atoms with van der Waals surface area (Å²) in [5.41, 5.74) is 5.57. The second-order valence-corrected chi connectivity index (χ2v) is 7.04. The minimum Gasteiger partial charge on any atom is -0.328 e. The highest BCUT2D eigenvalue weighted by Crippen LogP contribution is 2.22. The minimum atomic E-state index is -3.12. The van der Waals surface area contributed by atoms with Crippen molar-refractivity contribution in [3.05, 3.63) is 0 Å². The maximum Gasteiger partial charge on any atom is 0.211 e. The molecular formula is C11H22N2O3S. The van der Waals surface area contributed by atoms with E-state index >= 15 is 0 Å². The van der Waals surface area contributed by atoms with Crippen molar-refractivity contribution in [1.82, 2.24) is 4.31 Å². The summed E-state index contributed by atoms with van der Waals surface area (Å²) in [6.45, 7) is 2.86. The normalized spacial score (nSPS) is 24.5. The third kappa shape index (κ3) is 5.14. The Hall–Kier alpha value is -0.460. The molecule has 0 amide bonds. The number of Topliss-reactive ketones (excluding diaryl/α,β-unsaturated/α-hetero) is 1. The second-order valence-electron chi connectivity index (χ2n) is 5.05. The monoisotopic (exact) mass is 262 g/mol. The first-order valence-corrected chi connectivity index (χ1v) is 7.86. The van der Waals surface area contributed by atoms with E-state index in [1.807, 2.05) is 6.92 Å². The van der Waals surface area contributed by atoms with E-state index in [-0.39, 0.29) is 17.7 Å². The SMILES string of the molecule is CC(N)CC(=O)CC1CCCN(S(C)(=O)=O)C1. The average molecular weight is 262 g/mol.